The highest BCUT2D eigenvalue weighted by Gasteiger charge is 2.18. The van der Waals surface area contributed by atoms with Crippen molar-refractivity contribution in [1.29, 1.82) is 0 Å². The molecule has 1 fully saturated rings. The molecule has 0 bridgehead atoms. The fourth-order valence-electron chi connectivity index (χ4n) is 2.80. The van der Waals surface area contributed by atoms with Crippen LogP contribution in [-0.2, 0) is 30.4 Å². The molecule has 1 atom stereocenters. The minimum absolute atomic E-state index is 0.00352. The van der Waals surface area contributed by atoms with Gasteiger partial charge in [-0.05, 0) is 35.2 Å². The maximum absolute atomic E-state index is 11.8. The number of carbonyl (C=O) groups excluding carboxylic acids is 2. The van der Waals surface area contributed by atoms with Crippen LogP contribution in [0.2, 0.25) is 0 Å². The summed E-state index contributed by atoms with van der Waals surface area (Å²) < 4.78 is 15.7. The van der Waals surface area contributed by atoms with Crippen molar-refractivity contribution in [2.75, 3.05) is 13.2 Å². The summed E-state index contributed by atoms with van der Waals surface area (Å²) in [5, 5.41) is 2.25. The van der Waals surface area contributed by atoms with Gasteiger partial charge in [-0.1, -0.05) is 36.4 Å². The average molecular weight is 342 g/mol. The van der Waals surface area contributed by atoms with Crippen LogP contribution in [-0.4, -0.2) is 31.3 Å². The predicted molar refractivity (Wildman–Crippen MR) is 92.9 cm³/mol. The third-order valence-corrected chi connectivity index (χ3v) is 4.20. The van der Waals surface area contributed by atoms with E-state index in [1.807, 2.05) is 42.5 Å². The summed E-state index contributed by atoms with van der Waals surface area (Å²) in [5.41, 5.74) is 0.924. The Labute approximate surface area is 146 Å². The molecule has 0 amide bonds. The first kappa shape index (κ1) is 17.4. The number of rotatable bonds is 7. The van der Waals surface area contributed by atoms with Gasteiger partial charge in [0.2, 0.25) is 0 Å². The third-order valence-electron chi connectivity index (χ3n) is 4.20. The second kappa shape index (κ2) is 8.62. The van der Waals surface area contributed by atoms with E-state index in [1.54, 1.807) is 0 Å². The lowest BCUT2D eigenvalue weighted by atomic mass is 10.1. The van der Waals surface area contributed by atoms with Gasteiger partial charge in [-0.25, -0.2) is 0 Å². The maximum Gasteiger partial charge on any atom is 0.306 e. The van der Waals surface area contributed by atoms with E-state index >= 15 is 0 Å². The van der Waals surface area contributed by atoms with Crippen LogP contribution in [0.25, 0.3) is 10.8 Å². The Hall–Kier alpha value is -2.40. The van der Waals surface area contributed by atoms with Crippen molar-refractivity contribution in [3.05, 3.63) is 48.0 Å². The second-order valence-corrected chi connectivity index (χ2v) is 6.16. The summed E-state index contributed by atoms with van der Waals surface area (Å²) in [7, 11) is 0. The van der Waals surface area contributed by atoms with Crippen molar-refractivity contribution >= 4 is 22.7 Å². The molecule has 2 aromatic rings. The molecule has 1 aliphatic heterocycles. The molecule has 1 aliphatic rings. The maximum atomic E-state index is 11.8. The van der Waals surface area contributed by atoms with E-state index in [0.717, 1.165) is 35.8 Å². The molecule has 25 heavy (non-hydrogen) atoms. The van der Waals surface area contributed by atoms with Crippen LogP contribution in [0.3, 0.4) is 0 Å². The van der Waals surface area contributed by atoms with E-state index in [9.17, 15) is 9.59 Å². The summed E-state index contributed by atoms with van der Waals surface area (Å²) in [6, 6.07) is 13.9. The fourth-order valence-corrected chi connectivity index (χ4v) is 2.80. The predicted octanol–water partition coefficient (Wildman–Crippen LogP) is 3.39. The molecule has 3 rings (SSSR count). The Balaban J connectivity index is 1.37. The highest BCUT2D eigenvalue weighted by Crippen LogP contribution is 2.16. The molecule has 5 heteroatoms. The minimum atomic E-state index is -0.401. The van der Waals surface area contributed by atoms with Gasteiger partial charge >= 0.3 is 11.9 Å². The molecule has 0 spiro atoms. The van der Waals surface area contributed by atoms with Gasteiger partial charge in [-0.15, -0.1) is 0 Å². The van der Waals surface area contributed by atoms with Gasteiger partial charge in [0, 0.05) is 6.61 Å². The molecule has 2 aromatic carbocycles. The largest absolute Gasteiger partial charge is 0.463 e. The van der Waals surface area contributed by atoms with Crippen LogP contribution < -0.4 is 0 Å². The summed E-state index contributed by atoms with van der Waals surface area (Å²) in [6.07, 6.45) is 1.98. The molecule has 1 heterocycles. The highest BCUT2D eigenvalue weighted by atomic mass is 16.6. The molecule has 0 N–H and O–H groups in total. The number of hydrogen-bond acceptors (Lipinski definition) is 5. The van der Waals surface area contributed by atoms with Crippen LogP contribution in [0.1, 0.15) is 31.2 Å². The van der Waals surface area contributed by atoms with Crippen molar-refractivity contribution in [1.82, 2.24) is 0 Å². The van der Waals surface area contributed by atoms with Gasteiger partial charge < -0.3 is 14.2 Å². The Morgan fingerprint density at radius 2 is 1.76 bits per heavy atom. The van der Waals surface area contributed by atoms with Gasteiger partial charge in [-0.2, -0.15) is 0 Å². The Bertz CT molecular complexity index is 734. The fraction of sp³-hybridized carbons (Fsp3) is 0.400. The first-order valence-corrected chi connectivity index (χ1v) is 8.61. The van der Waals surface area contributed by atoms with Gasteiger partial charge in [0.15, 0.2) is 0 Å². The normalized spacial score (nSPS) is 16.7. The number of esters is 2. The summed E-state index contributed by atoms with van der Waals surface area (Å²) in [6.45, 7) is 1.20. The van der Waals surface area contributed by atoms with Crippen molar-refractivity contribution in [2.45, 2.75) is 38.4 Å². The van der Waals surface area contributed by atoms with Crippen molar-refractivity contribution < 1.29 is 23.8 Å². The van der Waals surface area contributed by atoms with Crippen LogP contribution in [0, 0.1) is 0 Å². The number of ether oxygens (including phenoxy) is 3. The van der Waals surface area contributed by atoms with E-state index in [4.69, 9.17) is 14.2 Å². The molecule has 1 unspecified atom stereocenters. The average Bonchev–Trinajstić information content (AvgIpc) is 3.16. The first-order valence-electron chi connectivity index (χ1n) is 8.61. The zero-order valence-electron chi connectivity index (χ0n) is 14.1. The topological polar surface area (TPSA) is 61.8 Å². The van der Waals surface area contributed by atoms with Crippen LogP contribution >= 0.6 is 0 Å². The van der Waals surface area contributed by atoms with E-state index in [-0.39, 0.29) is 32.2 Å². The van der Waals surface area contributed by atoms with Crippen LogP contribution in [0.4, 0.5) is 0 Å². The Morgan fingerprint density at radius 3 is 2.52 bits per heavy atom. The number of fused-ring (bicyclic) bond motifs is 1. The SMILES string of the molecule is O=C(CCC(=O)OCC1CCCO1)OCc1ccc2ccccc2c1. The summed E-state index contributed by atoms with van der Waals surface area (Å²) >= 11 is 0. The van der Waals surface area contributed by atoms with Crippen LogP contribution in [0.15, 0.2) is 42.5 Å². The third kappa shape index (κ3) is 5.29. The molecular weight excluding hydrogens is 320 g/mol. The van der Waals surface area contributed by atoms with Gasteiger partial charge in [0.25, 0.3) is 0 Å². The van der Waals surface area contributed by atoms with E-state index in [0.29, 0.717) is 0 Å². The molecule has 5 nitrogen and oxygen atoms in total. The lowest BCUT2D eigenvalue weighted by molar-refractivity contribution is -0.152. The minimum Gasteiger partial charge on any atom is -0.463 e. The molecule has 132 valence electrons. The monoisotopic (exact) mass is 342 g/mol. The van der Waals surface area contributed by atoms with Crippen molar-refractivity contribution in [3.8, 4) is 0 Å². The molecule has 0 radical (unpaired) electrons. The molecule has 0 aliphatic carbocycles. The smallest absolute Gasteiger partial charge is 0.306 e. The number of benzene rings is 2. The zero-order valence-corrected chi connectivity index (χ0v) is 14.1. The van der Waals surface area contributed by atoms with Crippen LogP contribution in [0.5, 0.6) is 0 Å². The van der Waals surface area contributed by atoms with Gasteiger partial charge in [0.1, 0.15) is 13.2 Å². The standard InChI is InChI=1S/C20H22O5/c21-19(9-10-20(22)25-14-18-6-3-11-23-18)24-13-15-7-8-16-4-1-2-5-17(16)12-15/h1-2,4-5,7-8,12,18H,3,6,9-11,13-14H2. The lowest BCUT2D eigenvalue weighted by Gasteiger charge is -2.10. The van der Waals surface area contributed by atoms with Gasteiger partial charge in [-0.3, -0.25) is 9.59 Å². The second-order valence-electron chi connectivity index (χ2n) is 6.16. The quantitative estimate of drug-likeness (QED) is 0.722. The zero-order chi connectivity index (χ0) is 17.5. The molecule has 0 aromatic heterocycles. The molecular formula is C20H22O5. The number of hydrogen-bond donors (Lipinski definition) is 0. The number of carbonyl (C=O) groups is 2. The summed E-state index contributed by atoms with van der Waals surface area (Å²) in [4.78, 5) is 23.4. The van der Waals surface area contributed by atoms with E-state index in [2.05, 4.69) is 0 Å². The van der Waals surface area contributed by atoms with E-state index in [1.165, 1.54) is 0 Å². The lowest BCUT2D eigenvalue weighted by Crippen LogP contribution is -2.18. The molecule has 0 saturated carbocycles. The molecule has 1 saturated heterocycles. The highest BCUT2D eigenvalue weighted by molar-refractivity contribution is 5.83. The Kier molecular flexibility index (Phi) is 6.01. The van der Waals surface area contributed by atoms with Crippen molar-refractivity contribution in [2.24, 2.45) is 0 Å². The van der Waals surface area contributed by atoms with Crippen molar-refractivity contribution in [3.63, 3.8) is 0 Å². The first-order chi connectivity index (χ1) is 12.2. The van der Waals surface area contributed by atoms with Gasteiger partial charge in [0.05, 0.1) is 18.9 Å². The summed E-state index contributed by atoms with van der Waals surface area (Å²) in [5.74, 6) is -0.791. The Morgan fingerprint density at radius 1 is 1.00 bits per heavy atom. The van der Waals surface area contributed by atoms with E-state index < -0.39 is 11.9 Å².